The highest BCUT2D eigenvalue weighted by atomic mass is 16.4. The normalized spacial score (nSPS) is 11.9. The summed E-state index contributed by atoms with van der Waals surface area (Å²) in [5.74, 6) is -0.859. The van der Waals surface area contributed by atoms with Crippen LogP contribution < -0.4 is 10.6 Å². The van der Waals surface area contributed by atoms with E-state index in [0.29, 0.717) is 17.0 Å². The second kappa shape index (κ2) is 7.46. The number of carbonyl (C=O) groups is 2. The van der Waals surface area contributed by atoms with Gasteiger partial charge < -0.3 is 19.9 Å². The van der Waals surface area contributed by atoms with E-state index in [1.807, 2.05) is 0 Å². The van der Waals surface area contributed by atoms with Gasteiger partial charge in [0, 0.05) is 5.69 Å². The maximum Gasteiger partial charge on any atom is 0.321 e. The summed E-state index contributed by atoms with van der Waals surface area (Å²) in [6.07, 6.45) is 1.27. The Kier molecular flexibility index (Phi) is 5.37. The number of hydrogen-bond donors (Lipinski definition) is 4. The summed E-state index contributed by atoms with van der Waals surface area (Å²) in [6, 6.07) is 6.91. The maximum atomic E-state index is 12.0. The Hall–Kier alpha value is -2.80. The molecule has 0 fully saturated rings. The summed E-state index contributed by atoms with van der Waals surface area (Å²) in [7, 11) is 0. The van der Waals surface area contributed by atoms with Gasteiger partial charge in [0.25, 0.3) is 0 Å². The van der Waals surface area contributed by atoms with Crippen molar-refractivity contribution < 1.29 is 24.2 Å². The van der Waals surface area contributed by atoms with Crippen LogP contribution in [0.3, 0.4) is 0 Å². The van der Waals surface area contributed by atoms with Crippen LogP contribution in [0.15, 0.2) is 41.0 Å². The molecule has 0 aliphatic carbocycles. The largest absolute Gasteiger partial charge is 0.508 e. The van der Waals surface area contributed by atoms with Crippen molar-refractivity contribution in [3.05, 3.63) is 47.9 Å². The molecule has 7 nitrogen and oxygen atoms in total. The molecule has 7 heteroatoms. The van der Waals surface area contributed by atoms with Gasteiger partial charge in [0.1, 0.15) is 17.6 Å². The minimum atomic E-state index is -1.12. The molecule has 4 N–H and O–H groups in total. The van der Waals surface area contributed by atoms with Crippen molar-refractivity contribution in [2.75, 3.05) is 5.32 Å². The molecule has 2 rings (SSSR count). The molecule has 0 bridgehead atoms. The number of aryl methyl sites for hydroxylation is 1. The molecule has 23 heavy (non-hydrogen) atoms. The lowest BCUT2D eigenvalue weighted by molar-refractivity contribution is -0.141. The average Bonchev–Trinajstić information content (AvgIpc) is 2.99. The number of aromatic hydroxyl groups is 1. The first-order valence-corrected chi connectivity index (χ1v) is 7.03. The van der Waals surface area contributed by atoms with Gasteiger partial charge in [-0.15, -0.1) is 0 Å². The molecule has 1 atom stereocenters. The Morgan fingerprint density at radius 3 is 2.70 bits per heavy atom. The maximum absolute atomic E-state index is 12.0. The summed E-state index contributed by atoms with van der Waals surface area (Å²) in [5, 5.41) is 23.9. The predicted molar refractivity (Wildman–Crippen MR) is 83.1 cm³/mol. The van der Waals surface area contributed by atoms with Gasteiger partial charge in [0.15, 0.2) is 0 Å². The van der Waals surface area contributed by atoms with Crippen molar-refractivity contribution in [2.45, 2.75) is 25.9 Å². The van der Waals surface area contributed by atoms with Gasteiger partial charge in [-0.2, -0.15) is 0 Å². The fraction of sp³-hybridized carbons (Fsp3) is 0.250. The molecular formula is C16H18N2O5. The Labute approximate surface area is 132 Å². The highest BCUT2D eigenvalue weighted by Crippen LogP contribution is 2.20. The van der Waals surface area contributed by atoms with E-state index in [4.69, 9.17) is 4.42 Å². The van der Waals surface area contributed by atoms with Crippen molar-refractivity contribution in [3.63, 3.8) is 0 Å². The van der Waals surface area contributed by atoms with E-state index >= 15 is 0 Å². The van der Waals surface area contributed by atoms with Gasteiger partial charge in [0.05, 0.1) is 19.2 Å². The lowest BCUT2D eigenvalue weighted by Gasteiger charge is -2.14. The number of nitrogens with one attached hydrogen (secondary N) is 2. The van der Waals surface area contributed by atoms with Crippen molar-refractivity contribution in [1.82, 2.24) is 5.32 Å². The smallest absolute Gasteiger partial charge is 0.321 e. The van der Waals surface area contributed by atoms with Gasteiger partial charge in [-0.25, -0.2) is 0 Å². The standard InChI is InChI=1S/C16H18N2O5/c1-10-7-11(19)4-5-13(10)18-15(20)8-14(16(21)22)17-9-12-3-2-6-23-12/h2-7,14,17,19H,8-9H2,1H3,(H,18,20)(H,21,22)/t14-/m0/s1. The number of hydrogen-bond acceptors (Lipinski definition) is 5. The first-order chi connectivity index (χ1) is 11.0. The lowest BCUT2D eigenvalue weighted by Crippen LogP contribution is -2.39. The van der Waals surface area contributed by atoms with E-state index in [-0.39, 0.29) is 18.7 Å². The van der Waals surface area contributed by atoms with Crippen molar-refractivity contribution in [3.8, 4) is 5.75 Å². The second-order valence-corrected chi connectivity index (χ2v) is 5.10. The number of rotatable bonds is 7. The van der Waals surface area contributed by atoms with Crippen LogP contribution in [0.5, 0.6) is 5.75 Å². The van der Waals surface area contributed by atoms with Gasteiger partial charge in [0.2, 0.25) is 5.91 Å². The third-order valence-electron chi connectivity index (χ3n) is 3.27. The third-order valence-corrected chi connectivity index (χ3v) is 3.27. The number of aliphatic carboxylic acids is 1. The Morgan fingerprint density at radius 2 is 2.09 bits per heavy atom. The average molecular weight is 318 g/mol. The zero-order valence-electron chi connectivity index (χ0n) is 12.6. The Balaban J connectivity index is 1.93. The second-order valence-electron chi connectivity index (χ2n) is 5.10. The molecule has 1 aromatic heterocycles. The molecule has 0 aliphatic heterocycles. The highest BCUT2D eigenvalue weighted by Gasteiger charge is 2.21. The SMILES string of the molecule is Cc1cc(O)ccc1NC(=O)C[C@H](NCc1ccco1)C(=O)O. The fourth-order valence-corrected chi connectivity index (χ4v) is 2.06. The number of phenolic OH excluding ortho intramolecular Hbond substituents is 1. The summed E-state index contributed by atoms with van der Waals surface area (Å²) in [4.78, 5) is 23.3. The van der Waals surface area contributed by atoms with Crippen LogP contribution in [0.2, 0.25) is 0 Å². The van der Waals surface area contributed by atoms with Gasteiger partial charge >= 0.3 is 5.97 Å². The van der Waals surface area contributed by atoms with E-state index in [1.165, 1.54) is 18.4 Å². The van der Waals surface area contributed by atoms with Crippen molar-refractivity contribution in [1.29, 1.82) is 0 Å². The first kappa shape index (κ1) is 16.6. The molecule has 0 aliphatic rings. The zero-order valence-corrected chi connectivity index (χ0v) is 12.6. The molecule has 2 aromatic rings. The quantitative estimate of drug-likeness (QED) is 0.580. The topological polar surface area (TPSA) is 112 Å². The number of carbonyl (C=O) groups excluding carboxylic acids is 1. The van der Waals surface area contributed by atoms with Gasteiger partial charge in [-0.1, -0.05) is 0 Å². The molecule has 1 heterocycles. The Bertz CT molecular complexity index is 682. The van der Waals surface area contributed by atoms with Gasteiger partial charge in [-0.05, 0) is 42.8 Å². The van der Waals surface area contributed by atoms with Crippen LogP contribution >= 0.6 is 0 Å². The number of carboxylic acids is 1. The summed E-state index contributed by atoms with van der Waals surface area (Å²) in [5.41, 5.74) is 1.22. The first-order valence-electron chi connectivity index (χ1n) is 7.03. The molecule has 0 saturated carbocycles. The monoisotopic (exact) mass is 318 g/mol. The lowest BCUT2D eigenvalue weighted by atomic mass is 10.1. The van der Waals surface area contributed by atoms with Crippen LogP contribution in [0.25, 0.3) is 0 Å². The third kappa shape index (κ3) is 4.86. The molecule has 0 saturated heterocycles. The number of furan rings is 1. The molecule has 1 amide bonds. The van der Waals surface area contributed by atoms with Crippen LogP contribution in [0.1, 0.15) is 17.7 Å². The molecule has 0 unspecified atom stereocenters. The molecular weight excluding hydrogens is 300 g/mol. The fourth-order valence-electron chi connectivity index (χ4n) is 2.06. The summed E-state index contributed by atoms with van der Waals surface area (Å²) in [6.45, 7) is 1.95. The van der Waals surface area contributed by atoms with E-state index in [0.717, 1.165) is 0 Å². The van der Waals surface area contributed by atoms with E-state index in [1.54, 1.807) is 25.1 Å². The zero-order chi connectivity index (χ0) is 16.8. The molecule has 1 aromatic carbocycles. The van der Waals surface area contributed by atoms with Crippen LogP contribution in [-0.4, -0.2) is 28.1 Å². The number of amides is 1. The molecule has 122 valence electrons. The van der Waals surface area contributed by atoms with Gasteiger partial charge in [-0.3, -0.25) is 14.9 Å². The van der Waals surface area contributed by atoms with Crippen LogP contribution in [-0.2, 0) is 16.1 Å². The number of anilines is 1. The van der Waals surface area contributed by atoms with Crippen LogP contribution in [0, 0.1) is 6.92 Å². The summed E-state index contributed by atoms with van der Waals surface area (Å²) < 4.78 is 5.11. The van der Waals surface area contributed by atoms with Crippen molar-refractivity contribution >= 4 is 17.6 Å². The highest BCUT2D eigenvalue weighted by molar-refractivity contribution is 5.94. The predicted octanol–water partition coefficient (Wildman–Crippen LogP) is 1.87. The number of phenols is 1. The minimum Gasteiger partial charge on any atom is -0.508 e. The summed E-state index contributed by atoms with van der Waals surface area (Å²) >= 11 is 0. The van der Waals surface area contributed by atoms with Crippen molar-refractivity contribution in [2.24, 2.45) is 0 Å². The van der Waals surface area contributed by atoms with E-state index < -0.39 is 17.9 Å². The Morgan fingerprint density at radius 1 is 1.30 bits per heavy atom. The number of benzene rings is 1. The van der Waals surface area contributed by atoms with Crippen LogP contribution in [0.4, 0.5) is 5.69 Å². The number of carboxylic acid groups (broad SMARTS) is 1. The minimum absolute atomic E-state index is 0.101. The van der Waals surface area contributed by atoms with E-state index in [2.05, 4.69) is 10.6 Å². The van der Waals surface area contributed by atoms with E-state index in [9.17, 15) is 19.8 Å². The molecule has 0 spiro atoms. The molecule has 0 radical (unpaired) electrons.